The number of anilines is 3. The molecule has 1 aliphatic carbocycles. The van der Waals surface area contributed by atoms with E-state index in [1.54, 1.807) is 0 Å². The summed E-state index contributed by atoms with van der Waals surface area (Å²) in [4.78, 5) is 36.5. The van der Waals surface area contributed by atoms with Crippen molar-refractivity contribution < 1.29 is 9.59 Å². The van der Waals surface area contributed by atoms with Gasteiger partial charge in [0.2, 0.25) is 5.91 Å². The van der Waals surface area contributed by atoms with E-state index >= 15 is 0 Å². The van der Waals surface area contributed by atoms with Gasteiger partial charge < -0.3 is 20.4 Å². The highest BCUT2D eigenvalue weighted by molar-refractivity contribution is 6.03. The summed E-state index contributed by atoms with van der Waals surface area (Å²) >= 11 is 0. The lowest BCUT2D eigenvalue weighted by Gasteiger charge is -2.37. The van der Waals surface area contributed by atoms with Gasteiger partial charge in [-0.3, -0.25) is 14.5 Å². The second kappa shape index (κ2) is 8.58. The minimum atomic E-state index is -0.0518. The number of fused-ring (bicyclic) bond motifs is 3. The molecule has 8 heteroatoms. The number of nitrogens with zero attached hydrogens (tertiary/aromatic N) is 4. The van der Waals surface area contributed by atoms with Crippen molar-refractivity contribution in [3.8, 4) is 0 Å². The first-order chi connectivity index (χ1) is 16.5. The average Bonchev–Trinajstić information content (AvgIpc) is 3.50. The van der Waals surface area contributed by atoms with Gasteiger partial charge in [0.25, 0.3) is 5.91 Å². The van der Waals surface area contributed by atoms with Crippen molar-refractivity contribution in [3.63, 3.8) is 0 Å². The van der Waals surface area contributed by atoms with Crippen molar-refractivity contribution in [1.29, 1.82) is 0 Å². The number of aromatic nitrogens is 1. The number of amides is 2. The molecule has 2 amide bonds. The van der Waals surface area contributed by atoms with Crippen LogP contribution in [-0.2, 0) is 11.3 Å². The van der Waals surface area contributed by atoms with Gasteiger partial charge in [-0.2, -0.15) is 0 Å². The van der Waals surface area contributed by atoms with Crippen LogP contribution in [0.5, 0.6) is 0 Å². The fraction of sp³-hybridized carbons (Fsp3) is 0.500. The largest absolute Gasteiger partial charge is 0.369 e. The summed E-state index contributed by atoms with van der Waals surface area (Å²) in [6, 6.07) is 8.47. The molecule has 0 spiro atoms. The van der Waals surface area contributed by atoms with Gasteiger partial charge in [-0.15, -0.1) is 0 Å². The normalized spacial score (nSPS) is 22.3. The van der Waals surface area contributed by atoms with Crippen LogP contribution >= 0.6 is 0 Å². The van der Waals surface area contributed by atoms with Crippen LogP contribution in [-0.4, -0.2) is 66.5 Å². The maximum atomic E-state index is 12.4. The van der Waals surface area contributed by atoms with Crippen LogP contribution in [0.2, 0.25) is 0 Å². The molecule has 1 saturated carbocycles. The van der Waals surface area contributed by atoms with Gasteiger partial charge in [0.15, 0.2) is 5.82 Å². The first kappa shape index (κ1) is 21.4. The Kier molecular flexibility index (Phi) is 5.40. The summed E-state index contributed by atoms with van der Waals surface area (Å²) in [5, 5.41) is 6.14. The van der Waals surface area contributed by atoms with Crippen molar-refractivity contribution in [3.05, 3.63) is 47.2 Å². The number of hydrogen-bond acceptors (Lipinski definition) is 6. The molecule has 2 N–H and O–H groups in total. The molecule has 1 aromatic carbocycles. The number of aryl methyl sites for hydroxylation is 1. The van der Waals surface area contributed by atoms with Crippen LogP contribution in [0.3, 0.4) is 0 Å². The zero-order valence-electron chi connectivity index (χ0n) is 19.7. The molecule has 1 aromatic heterocycles. The maximum absolute atomic E-state index is 12.4. The van der Waals surface area contributed by atoms with Crippen molar-refractivity contribution in [2.24, 2.45) is 0 Å². The predicted octanol–water partition coefficient (Wildman–Crippen LogP) is 2.53. The molecule has 178 valence electrons. The third-order valence-electron chi connectivity index (χ3n) is 7.50. The van der Waals surface area contributed by atoms with Gasteiger partial charge in [0.1, 0.15) is 6.04 Å². The first-order valence-electron chi connectivity index (χ1n) is 12.5. The first-order valence-corrected chi connectivity index (χ1v) is 12.5. The Morgan fingerprint density at radius 1 is 1.12 bits per heavy atom. The summed E-state index contributed by atoms with van der Waals surface area (Å²) in [5.41, 5.74) is 5.08. The van der Waals surface area contributed by atoms with E-state index < -0.39 is 0 Å². The number of pyridine rings is 1. The Balaban J connectivity index is 1.07. The smallest absolute Gasteiger partial charge is 0.251 e. The van der Waals surface area contributed by atoms with Crippen LogP contribution in [0.15, 0.2) is 30.5 Å². The molecule has 1 atom stereocenters. The molecule has 3 fully saturated rings. The molecule has 0 radical (unpaired) electrons. The van der Waals surface area contributed by atoms with E-state index in [9.17, 15) is 9.59 Å². The number of benzene rings is 1. The monoisotopic (exact) mass is 460 g/mol. The fourth-order valence-corrected chi connectivity index (χ4v) is 5.47. The van der Waals surface area contributed by atoms with Crippen molar-refractivity contribution >= 4 is 29.0 Å². The number of nitrogens with one attached hydrogen (secondary N) is 2. The molecule has 0 bridgehead atoms. The number of carbonyl (C=O) groups is 2. The van der Waals surface area contributed by atoms with E-state index in [0.29, 0.717) is 6.04 Å². The quantitative estimate of drug-likeness (QED) is 0.714. The standard InChI is InChI=1S/C26H32N6O2/c1-17-13-19(25(33)28-20-5-6-20)4-7-22(17)31-11-9-30(10-12-31)16-18-14-21-24(27-15-18)32-8-2-3-23(32)26(34)29-21/h4,7,13-15,20,23H,2-3,5-6,8-12,16H2,1H3,(H,28,33)(H,29,34). The van der Waals surface area contributed by atoms with Crippen LogP contribution < -0.4 is 20.4 Å². The molecule has 3 aliphatic heterocycles. The Morgan fingerprint density at radius 2 is 1.94 bits per heavy atom. The molecular weight excluding hydrogens is 428 g/mol. The lowest BCUT2D eigenvalue weighted by Crippen LogP contribution is -2.46. The molecule has 2 aromatic rings. The summed E-state index contributed by atoms with van der Waals surface area (Å²) < 4.78 is 0. The summed E-state index contributed by atoms with van der Waals surface area (Å²) in [6.07, 6.45) is 6.12. The van der Waals surface area contributed by atoms with Crippen LogP contribution in [0, 0.1) is 6.92 Å². The number of hydrogen-bond donors (Lipinski definition) is 2. The minimum Gasteiger partial charge on any atom is -0.369 e. The molecule has 4 aliphatic rings. The lowest BCUT2D eigenvalue weighted by atomic mass is 10.1. The summed E-state index contributed by atoms with van der Waals surface area (Å²) in [5.74, 6) is 1.06. The molecule has 6 rings (SSSR count). The number of piperazine rings is 1. The number of carbonyl (C=O) groups excluding carboxylic acids is 2. The summed E-state index contributed by atoms with van der Waals surface area (Å²) in [7, 11) is 0. The molecule has 8 nitrogen and oxygen atoms in total. The van der Waals surface area contributed by atoms with E-state index in [0.717, 1.165) is 93.1 Å². The van der Waals surface area contributed by atoms with Crippen molar-refractivity contribution in [2.45, 2.75) is 51.2 Å². The van der Waals surface area contributed by atoms with Gasteiger partial charge >= 0.3 is 0 Å². The molecule has 2 saturated heterocycles. The SMILES string of the molecule is Cc1cc(C(=O)NC2CC2)ccc1N1CCN(Cc2cnc3c(c2)NC(=O)C2CCCN32)CC1. The van der Waals surface area contributed by atoms with Gasteiger partial charge in [-0.1, -0.05) is 0 Å². The average molecular weight is 461 g/mol. The second-order valence-electron chi connectivity index (χ2n) is 10.1. The predicted molar refractivity (Wildman–Crippen MR) is 132 cm³/mol. The summed E-state index contributed by atoms with van der Waals surface area (Å²) in [6.45, 7) is 7.63. The van der Waals surface area contributed by atoms with Crippen molar-refractivity contribution in [2.75, 3.05) is 47.8 Å². The van der Waals surface area contributed by atoms with Gasteiger partial charge in [0.05, 0.1) is 5.69 Å². The highest BCUT2D eigenvalue weighted by Gasteiger charge is 2.37. The lowest BCUT2D eigenvalue weighted by molar-refractivity contribution is -0.117. The highest BCUT2D eigenvalue weighted by atomic mass is 16.2. The van der Waals surface area contributed by atoms with E-state index in [-0.39, 0.29) is 17.9 Å². The topological polar surface area (TPSA) is 80.8 Å². The van der Waals surface area contributed by atoms with E-state index in [4.69, 9.17) is 4.98 Å². The Bertz CT molecular complexity index is 1120. The van der Waals surface area contributed by atoms with E-state index in [1.807, 2.05) is 18.3 Å². The van der Waals surface area contributed by atoms with Gasteiger partial charge in [-0.25, -0.2) is 4.98 Å². The minimum absolute atomic E-state index is 0.0390. The highest BCUT2D eigenvalue weighted by Crippen LogP contribution is 2.35. The Labute approximate surface area is 200 Å². The third-order valence-corrected chi connectivity index (χ3v) is 7.50. The second-order valence-corrected chi connectivity index (χ2v) is 10.1. The molecule has 34 heavy (non-hydrogen) atoms. The Hall–Kier alpha value is -3.13. The molecular formula is C26H32N6O2. The zero-order chi connectivity index (χ0) is 23.2. The zero-order valence-corrected chi connectivity index (χ0v) is 19.7. The van der Waals surface area contributed by atoms with Gasteiger partial charge in [0, 0.05) is 62.8 Å². The van der Waals surface area contributed by atoms with Crippen LogP contribution in [0.25, 0.3) is 0 Å². The Morgan fingerprint density at radius 3 is 2.71 bits per heavy atom. The van der Waals surface area contributed by atoms with Gasteiger partial charge in [-0.05, 0) is 68.0 Å². The third kappa shape index (κ3) is 4.11. The molecule has 1 unspecified atom stereocenters. The fourth-order valence-electron chi connectivity index (χ4n) is 5.47. The van der Waals surface area contributed by atoms with Crippen molar-refractivity contribution in [1.82, 2.24) is 15.2 Å². The maximum Gasteiger partial charge on any atom is 0.251 e. The van der Waals surface area contributed by atoms with E-state index in [1.165, 1.54) is 5.69 Å². The molecule has 4 heterocycles. The number of rotatable bonds is 5. The van der Waals surface area contributed by atoms with Crippen LogP contribution in [0.4, 0.5) is 17.2 Å². The van der Waals surface area contributed by atoms with E-state index in [2.05, 4.69) is 44.4 Å². The van der Waals surface area contributed by atoms with Crippen LogP contribution in [0.1, 0.15) is 47.2 Å².